The molecule has 0 fully saturated rings. The van der Waals surface area contributed by atoms with Crippen molar-refractivity contribution in [1.29, 1.82) is 0 Å². The maximum absolute atomic E-state index is 12.8. The molecule has 5 nitrogen and oxygen atoms in total. The van der Waals surface area contributed by atoms with Gasteiger partial charge in [-0.3, -0.25) is 4.79 Å². The molecule has 0 unspecified atom stereocenters. The van der Waals surface area contributed by atoms with Gasteiger partial charge in [-0.2, -0.15) is 4.31 Å². The van der Waals surface area contributed by atoms with E-state index in [0.717, 1.165) is 5.57 Å². The molecule has 7 heteroatoms. The van der Waals surface area contributed by atoms with Gasteiger partial charge in [0.25, 0.3) is 0 Å². The number of rotatable bonds is 9. The first-order valence-electron chi connectivity index (χ1n) is 7.90. The summed E-state index contributed by atoms with van der Waals surface area (Å²) in [4.78, 5) is 14.2. The molecular formula is C17H25ClN2O3S. The third-order valence-corrected chi connectivity index (χ3v) is 5.54. The van der Waals surface area contributed by atoms with Gasteiger partial charge in [-0.15, -0.1) is 0 Å². The fourth-order valence-corrected chi connectivity index (χ4v) is 3.85. The van der Waals surface area contributed by atoms with Crippen LogP contribution >= 0.6 is 11.6 Å². The van der Waals surface area contributed by atoms with Crippen LogP contribution in [-0.2, 0) is 14.8 Å². The lowest BCUT2D eigenvalue weighted by Gasteiger charge is -2.26. The average molecular weight is 373 g/mol. The minimum atomic E-state index is -3.74. The Morgan fingerprint density at radius 1 is 1.17 bits per heavy atom. The summed E-state index contributed by atoms with van der Waals surface area (Å²) in [5.41, 5.74) is 0.854. The van der Waals surface area contributed by atoms with E-state index in [2.05, 4.69) is 6.58 Å². The van der Waals surface area contributed by atoms with Gasteiger partial charge in [0, 0.05) is 24.7 Å². The van der Waals surface area contributed by atoms with Crippen molar-refractivity contribution in [2.75, 3.05) is 26.2 Å². The second-order valence-corrected chi connectivity index (χ2v) is 8.03. The fourth-order valence-electron chi connectivity index (χ4n) is 2.24. The van der Waals surface area contributed by atoms with Crippen LogP contribution in [0.4, 0.5) is 0 Å². The van der Waals surface area contributed by atoms with Crippen molar-refractivity contribution >= 4 is 27.5 Å². The van der Waals surface area contributed by atoms with Crippen LogP contribution in [0.25, 0.3) is 0 Å². The van der Waals surface area contributed by atoms with Crippen LogP contribution in [0, 0.1) is 0 Å². The summed E-state index contributed by atoms with van der Waals surface area (Å²) >= 11 is 5.82. The van der Waals surface area contributed by atoms with Crippen molar-refractivity contribution in [3.8, 4) is 0 Å². The van der Waals surface area contributed by atoms with E-state index in [-0.39, 0.29) is 23.9 Å². The average Bonchev–Trinajstić information content (AvgIpc) is 2.52. The topological polar surface area (TPSA) is 57.7 Å². The van der Waals surface area contributed by atoms with Gasteiger partial charge in [0.05, 0.1) is 11.4 Å². The SMILES string of the molecule is C=C(C)CN(CC)C(=O)CN(CCC)S(=O)(=O)c1ccc(Cl)cc1. The molecule has 0 atom stereocenters. The van der Waals surface area contributed by atoms with Gasteiger partial charge in [-0.05, 0) is 44.5 Å². The van der Waals surface area contributed by atoms with Crippen LogP contribution in [0.5, 0.6) is 0 Å². The molecule has 0 heterocycles. The van der Waals surface area contributed by atoms with E-state index in [0.29, 0.717) is 24.5 Å². The first kappa shape index (κ1) is 20.7. The maximum atomic E-state index is 12.8. The Morgan fingerprint density at radius 3 is 2.21 bits per heavy atom. The molecule has 0 aliphatic rings. The molecular weight excluding hydrogens is 348 g/mol. The van der Waals surface area contributed by atoms with Crippen molar-refractivity contribution in [1.82, 2.24) is 9.21 Å². The van der Waals surface area contributed by atoms with Crippen molar-refractivity contribution in [3.05, 3.63) is 41.4 Å². The van der Waals surface area contributed by atoms with Crippen molar-refractivity contribution in [2.45, 2.75) is 32.1 Å². The van der Waals surface area contributed by atoms with E-state index in [1.807, 2.05) is 20.8 Å². The minimum Gasteiger partial charge on any atom is -0.338 e. The molecule has 0 saturated heterocycles. The Labute approximate surface area is 150 Å². The summed E-state index contributed by atoms with van der Waals surface area (Å²) in [6.45, 7) is 10.4. The third kappa shape index (κ3) is 5.61. The van der Waals surface area contributed by atoms with Crippen LogP contribution in [0.1, 0.15) is 27.2 Å². The smallest absolute Gasteiger partial charge is 0.243 e. The number of carbonyl (C=O) groups is 1. The van der Waals surface area contributed by atoms with Crippen LogP contribution in [-0.4, -0.2) is 49.7 Å². The van der Waals surface area contributed by atoms with Crippen LogP contribution < -0.4 is 0 Å². The molecule has 0 aliphatic carbocycles. The van der Waals surface area contributed by atoms with E-state index >= 15 is 0 Å². The Bertz CT molecular complexity index is 672. The quantitative estimate of drug-likeness (QED) is 0.625. The predicted octanol–water partition coefficient (Wildman–Crippen LogP) is 3.17. The number of sulfonamides is 1. The number of halogens is 1. The zero-order valence-corrected chi connectivity index (χ0v) is 16.0. The number of likely N-dealkylation sites (N-methyl/N-ethyl adjacent to an activating group) is 1. The Kier molecular flexibility index (Phi) is 7.93. The van der Waals surface area contributed by atoms with Gasteiger partial charge in [0.1, 0.15) is 0 Å². The molecule has 0 saturated carbocycles. The number of amides is 1. The van der Waals surface area contributed by atoms with Crippen LogP contribution in [0.3, 0.4) is 0 Å². The number of nitrogens with zero attached hydrogens (tertiary/aromatic N) is 2. The van der Waals surface area contributed by atoms with Crippen LogP contribution in [0.2, 0.25) is 5.02 Å². The summed E-state index contributed by atoms with van der Waals surface area (Å²) < 4.78 is 26.8. The normalized spacial score (nSPS) is 11.5. The predicted molar refractivity (Wildman–Crippen MR) is 97.6 cm³/mol. The zero-order valence-electron chi connectivity index (χ0n) is 14.5. The minimum absolute atomic E-state index is 0.135. The lowest BCUT2D eigenvalue weighted by atomic mass is 10.3. The molecule has 1 aromatic rings. The summed E-state index contributed by atoms with van der Waals surface area (Å²) in [5, 5.41) is 0.464. The van der Waals surface area contributed by atoms with Gasteiger partial charge in [0.15, 0.2) is 0 Å². The van der Waals surface area contributed by atoms with Gasteiger partial charge in [-0.25, -0.2) is 8.42 Å². The Balaban J connectivity index is 3.02. The van der Waals surface area contributed by atoms with Gasteiger partial charge in [-0.1, -0.05) is 30.7 Å². The van der Waals surface area contributed by atoms with E-state index in [9.17, 15) is 13.2 Å². The number of hydrogen-bond donors (Lipinski definition) is 0. The molecule has 0 N–H and O–H groups in total. The van der Waals surface area contributed by atoms with Crippen molar-refractivity contribution < 1.29 is 13.2 Å². The Morgan fingerprint density at radius 2 is 1.75 bits per heavy atom. The Hall–Kier alpha value is -1.37. The molecule has 24 heavy (non-hydrogen) atoms. The second kappa shape index (κ2) is 9.20. The molecule has 1 aromatic carbocycles. The van der Waals surface area contributed by atoms with E-state index in [4.69, 9.17) is 11.6 Å². The summed E-state index contributed by atoms with van der Waals surface area (Å²) in [6.07, 6.45) is 0.618. The highest BCUT2D eigenvalue weighted by atomic mass is 35.5. The highest BCUT2D eigenvalue weighted by Gasteiger charge is 2.27. The van der Waals surface area contributed by atoms with Gasteiger partial charge >= 0.3 is 0 Å². The van der Waals surface area contributed by atoms with Gasteiger partial charge < -0.3 is 4.90 Å². The first-order chi connectivity index (χ1) is 11.2. The lowest BCUT2D eigenvalue weighted by Crippen LogP contribution is -2.43. The molecule has 0 spiro atoms. The van der Waals surface area contributed by atoms with E-state index < -0.39 is 10.0 Å². The number of benzene rings is 1. The van der Waals surface area contributed by atoms with E-state index in [1.165, 1.54) is 28.6 Å². The molecule has 1 rings (SSSR count). The third-order valence-electron chi connectivity index (χ3n) is 3.43. The molecule has 0 bridgehead atoms. The highest BCUT2D eigenvalue weighted by molar-refractivity contribution is 7.89. The van der Waals surface area contributed by atoms with Gasteiger partial charge in [0.2, 0.25) is 15.9 Å². The highest BCUT2D eigenvalue weighted by Crippen LogP contribution is 2.19. The summed E-state index contributed by atoms with van der Waals surface area (Å²) in [5.74, 6) is -0.230. The number of carbonyl (C=O) groups excluding carboxylic acids is 1. The number of hydrogen-bond acceptors (Lipinski definition) is 3. The standard InChI is InChI=1S/C17H25ClN2O3S/c1-5-11-20(13-17(21)19(6-2)12-14(3)4)24(22,23)16-9-7-15(18)8-10-16/h7-10H,3,5-6,11-13H2,1-2,4H3. The van der Waals surface area contributed by atoms with Crippen molar-refractivity contribution in [2.24, 2.45) is 0 Å². The van der Waals surface area contributed by atoms with Crippen LogP contribution in [0.15, 0.2) is 41.3 Å². The van der Waals surface area contributed by atoms with E-state index in [1.54, 1.807) is 4.90 Å². The lowest BCUT2D eigenvalue weighted by molar-refractivity contribution is -0.130. The monoisotopic (exact) mass is 372 g/mol. The summed E-state index contributed by atoms with van der Waals surface area (Å²) in [6, 6.07) is 5.96. The second-order valence-electron chi connectivity index (χ2n) is 5.66. The maximum Gasteiger partial charge on any atom is 0.243 e. The zero-order chi connectivity index (χ0) is 18.3. The summed E-state index contributed by atoms with van der Waals surface area (Å²) in [7, 11) is -3.74. The molecule has 1 amide bonds. The molecule has 134 valence electrons. The largest absolute Gasteiger partial charge is 0.338 e. The fraction of sp³-hybridized carbons (Fsp3) is 0.471. The molecule has 0 radical (unpaired) electrons. The first-order valence-corrected chi connectivity index (χ1v) is 9.72. The molecule has 0 aromatic heterocycles. The molecule has 0 aliphatic heterocycles. The van der Waals surface area contributed by atoms with Crippen molar-refractivity contribution in [3.63, 3.8) is 0 Å².